The van der Waals surface area contributed by atoms with Crippen LogP contribution in [-0.4, -0.2) is 74.7 Å². The fraction of sp³-hybridized carbons (Fsp3) is 0.472. The van der Waals surface area contributed by atoms with Crippen LogP contribution in [0.1, 0.15) is 63.0 Å². The molecule has 3 aliphatic heterocycles. The maximum Gasteiger partial charge on any atom is 0.349 e. The smallest absolute Gasteiger partial charge is 0.349 e. The normalized spacial score (nSPS) is 24.9. The molecule has 0 amide bonds. The van der Waals surface area contributed by atoms with Crippen molar-refractivity contribution < 1.29 is 28.1 Å². The third kappa shape index (κ3) is 4.83. The van der Waals surface area contributed by atoms with Gasteiger partial charge in [-0.2, -0.15) is 9.97 Å². The monoisotopic (exact) mass is 642 g/mol. The highest BCUT2D eigenvalue weighted by Gasteiger charge is 2.52. The van der Waals surface area contributed by atoms with Gasteiger partial charge >= 0.3 is 11.6 Å². The number of aromatic hydroxyl groups is 1. The standard InChI is InChI=1S/C36H36F2N4O5/c1-3-5-25-27(38)7-6-21-14-24(44)15-26(28(21)25)31-20(2)30-29(33(45)47-31)32(42-18-23(43)8-10-35(42)11-12-35)40-34(39-30)46-19-36-9-4-13-41(36)17-22(37)16-36/h6-7,14-15,22-23,43-44H,4,8-13,16-19H2,1-2H3/t22?,23?,36-/m0/s1. The number of piperidine rings is 1. The number of β-amino-alcohol motifs (C(OH)–C–C–N with tert-alkyl or cyclic N) is 1. The zero-order valence-electron chi connectivity index (χ0n) is 26.4. The van der Waals surface area contributed by atoms with Crippen molar-refractivity contribution in [3.05, 3.63) is 51.6 Å². The Morgan fingerprint density at radius 2 is 1.98 bits per heavy atom. The summed E-state index contributed by atoms with van der Waals surface area (Å²) >= 11 is 0. The molecule has 5 heterocycles. The first kappa shape index (κ1) is 30.1. The lowest BCUT2D eigenvalue weighted by atomic mass is 9.94. The Morgan fingerprint density at radius 3 is 2.77 bits per heavy atom. The van der Waals surface area contributed by atoms with Crippen molar-refractivity contribution in [1.82, 2.24) is 14.9 Å². The van der Waals surface area contributed by atoms with Crippen LogP contribution in [0.5, 0.6) is 11.8 Å². The second-order valence-electron chi connectivity index (χ2n) is 13.7. The zero-order valence-corrected chi connectivity index (χ0v) is 26.4. The number of phenolic OH excluding ortho intramolecular Hbond substituents is 1. The van der Waals surface area contributed by atoms with E-state index in [0.29, 0.717) is 59.2 Å². The molecule has 4 aliphatic rings. The largest absolute Gasteiger partial charge is 0.508 e. The fourth-order valence-corrected chi connectivity index (χ4v) is 8.27. The summed E-state index contributed by atoms with van der Waals surface area (Å²) in [6.45, 7) is 5.05. The Hall–Kier alpha value is -4.27. The van der Waals surface area contributed by atoms with Gasteiger partial charge in [0.1, 0.15) is 35.5 Å². The van der Waals surface area contributed by atoms with Crippen LogP contribution in [0.15, 0.2) is 33.5 Å². The van der Waals surface area contributed by atoms with E-state index in [4.69, 9.17) is 19.1 Å². The summed E-state index contributed by atoms with van der Waals surface area (Å²) < 4.78 is 42.1. The summed E-state index contributed by atoms with van der Waals surface area (Å²) in [5.41, 5.74) is -0.193. The van der Waals surface area contributed by atoms with E-state index in [0.717, 1.165) is 38.6 Å². The number of hydrogen-bond acceptors (Lipinski definition) is 9. The topological polar surface area (TPSA) is 112 Å². The number of aliphatic hydroxyl groups is 1. The van der Waals surface area contributed by atoms with Crippen molar-refractivity contribution in [2.24, 2.45) is 0 Å². The number of nitrogens with zero attached hydrogens (tertiary/aromatic N) is 4. The number of ether oxygens (including phenoxy) is 1. The summed E-state index contributed by atoms with van der Waals surface area (Å²) in [4.78, 5) is 27.8. The third-order valence-corrected chi connectivity index (χ3v) is 10.7. The maximum atomic E-state index is 15.1. The van der Waals surface area contributed by atoms with Gasteiger partial charge in [-0.25, -0.2) is 13.6 Å². The molecule has 47 heavy (non-hydrogen) atoms. The first-order valence-corrected chi connectivity index (χ1v) is 16.3. The molecule has 11 heteroatoms. The minimum Gasteiger partial charge on any atom is -0.508 e. The van der Waals surface area contributed by atoms with Crippen molar-refractivity contribution in [2.45, 2.75) is 82.1 Å². The molecule has 4 aromatic rings. The van der Waals surface area contributed by atoms with Gasteiger partial charge in [0.2, 0.25) is 0 Å². The Balaban J connectivity index is 1.34. The summed E-state index contributed by atoms with van der Waals surface area (Å²) in [7, 11) is 0. The molecule has 1 saturated carbocycles. The van der Waals surface area contributed by atoms with Crippen molar-refractivity contribution in [3.63, 3.8) is 0 Å². The first-order chi connectivity index (χ1) is 22.6. The SMILES string of the molecule is CC#Cc1c(F)ccc2cc(O)cc(-c3oc(=O)c4c(N5CC(O)CCC56CC6)nc(OC[C@@]56CCCN5CC(F)C6)nc4c3C)c12. The number of rotatable bonds is 5. The summed E-state index contributed by atoms with van der Waals surface area (Å²) in [5, 5.41) is 22.5. The summed E-state index contributed by atoms with van der Waals surface area (Å²) in [6, 6.07) is 5.83. The van der Waals surface area contributed by atoms with E-state index < -0.39 is 29.3 Å². The molecule has 0 bridgehead atoms. The first-order valence-electron chi connectivity index (χ1n) is 16.3. The number of fused-ring (bicyclic) bond motifs is 3. The molecule has 3 atom stereocenters. The van der Waals surface area contributed by atoms with Crippen LogP contribution in [-0.2, 0) is 0 Å². The lowest BCUT2D eigenvalue weighted by Crippen LogP contribution is -2.48. The maximum absolute atomic E-state index is 15.1. The van der Waals surface area contributed by atoms with Crippen molar-refractivity contribution >= 4 is 27.5 Å². The molecule has 3 saturated heterocycles. The van der Waals surface area contributed by atoms with Gasteiger partial charge in [-0.1, -0.05) is 12.0 Å². The number of phenols is 1. The van der Waals surface area contributed by atoms with Crippen molar-refractivity contribution in [2.75, 3.05) is 31.1 Å². The summed E-state index contributed by atoms with van der Waals surface area (Å²) in [5.74, 6) is 5.40. The molecule has 2 N–H and O–H groups in total. The minimum absolute atomic E-state index is 0.0518. The average Bonchev–Trinajstić information content (AvgIpc) is 3.61. The highest BCUT2D eigenvalue weighted by molar-refractivity contribution is 6.03. The minimum atomic E-state index is -0.921. The van der Waals surface area contributed by atoms with Gasteiger partial charge in [-0.05, 0) is 82.5 Å². The van der Waals surface area contributed by atoms with E-state index in [1.807, 2.05) is 4.90 Å². The van der Waals surface area contributed by atoms with E-state index >= 15 is 4.39 Å². The van der Waals surface area contributed by atoms with E-state index in [2.05, 4.69) is 16.7 Å². The van der Waals surface area contributed by atoms with E-state index in [1.165, 1.54) is 18.2 Å². The number of aromatic nitrogens is 2. The van der Waals surface area contributed by atoms with Crippen molar-refractivity contribution in [1.29, 1.82) is 0 Å². The Morgan fingerprint density at radius 1 is 1.15 bits per heavy atom. The predicted molar refractivity (Wildman–Crippen MR) is 173 cm³/mol. The number of aliphatic hydroxyl groups excluding tert-OH is 1. The number of halogens is 2. The molecule has 2 aromatic carbocycles. The van der Waals surface area contributed by atoms with E-state index in [9.17, 15) is 19.4 Å². The predicted octanol–water partition coefficient (Wildman–Crippen LogP) is 5.38. The van der Waals surface area contributed by atoms with Crippen LogP contribution >= 0.6 is 0 Å². The zero-order chi connectivity index (χ0) is 32.7. The van der Waals surface area contributed by atoms with E-state index in [-0.39, 0.29) is 40.6 Å². The molecule has 2 aromatic heterocycles. The third-order valence-electron chi connectivity index (χ3n) is 10.7. The highest BCUT2D eigenvalue weighted by atomic mass is 19.1. The number of hydrogen-bond donors (Lipinski definition) is 2. The Kier molecular flexibility index (Phi) is 6.97. The van der Waals surface area contributed by atoms with Gasteiger partial charge < -0.3 is 24.3 Å². The molecule has 1 aliphatic carbocycles. The van der Waals surface area contributed by atoms with E-state index in [1.54, 1.807) is 19.9 Å². The molecule has 8 rings (SSSR count). The van der Waals surface area contributed by atoms with Crippen LogP contribution < -0.4 is 15.3 Å². The second-order valence-corrected chi connectivity index (χ2v) is 13.7. The molecule has 244 valence electrons. The van der Waals surface area contributed by atoms with Gasteiger partial charge in [-0.3, -0.25) is 4.90 Å². The van der Waals surface area contributed by atoms with Gasteiger partial charge in [0.05, 0.1) is 22.7 Å². The van der Waals surface area contributed by atoms with Gasteiger partial charge in [0.15, 0.2) is 5.82 Å². The molecule has 0 radical (unpaired) electrons. The fourth-order valence-electron chi connectivity index (χ4n) is 8.27. The number of alkyl halides is 1. The van der Waals surface area contributed by atoms with Crippen molar-refractivity contribution in [3.8, 4) is 34.9 Å². The van der Waals surface area contributed by atoms with Crippen LogP contribution in [0.3, 0.4) is 0 Å². The molecular formula is C36H36F2N4O5. The molecular weight excluding hydrogens is 606 g/mol. The second kappa shape index (κ2) is 10.9. The molecule has 9 nitrogen and oxygen atoms in total. The van der Waals surface area contributed by atoms with Crippen LogP contribution in [0, 0.1) is 24.6 Å². The molecule has 1 spiro atoms. The molecule has 2 unspecified atom stereocenters. The average molecular weight is 643 g/mol. The lowest BCUT2D eigenvalue weighted by molar-refractivity contribution is 0.107. The van der Waals surface area contributed by atoms with Gasteiger partial charge in [0, 0.05) is 41.6 Å². The van der Waals surface area contributed by atoms with Crippen LogP contribution in [0.2, 0.25) is 0 Å². The van der Waals surface area contributed by atoms with Crippen LogP contribution in [0.4, 0.5) is 14.6 Å². The Bertz CT molecular complexity index is 2070. The highest BCUT2D eigenvalue weighted by Crippen LogP contribution is 2.51. The summed E-state index contributed by atoms with van der Waals surface area (Å²) in [6.07, 6.45) is 3.86. The lowest BCUT2D eigenvalue weighted by Gasteiger charge is -2.40. The van der Waals surface area contributed by atoms with Gasteiger partial charge in [0.25, 0.3) is 0 Å². The number of anilines is 1. The van der Waals surface area contributed by atoms with Gasteiger partial charge in [-0.15, -0.1) is 5.92 Å². The quantitative estimate of drug-likeness (QED) is 0.277. The molecule has 4 fully saturated rings. The van der Waals surface area contributed by atoms with Crippen LogP contribution in [0.25, 0.3) is 33.0 Å². The number of aryl methyl sites for hydroxylation is 1. The number of benzene rings is 2. The Labute approximate surface area is 270 Å².